The number of anilines is 1. The zero-order valence-electron chi connectivity index (χ0n) is 21.9. The molecule has 2 amide bonds. The molecule has 1 unspecified atom stereocenters. The number of benzene rings is 2. The summed E-state index contributed by atoms with van der Waals surface area (Å²) in [6, 6.07) is 13.4. The van der Waals surface area contributed by atoms with E-state index in [9.17, 15) is 14.4 Å². The number of carbonyl (C=O) groups excluding carboxylic acids is 3. The highest BCUT2D eigenvalue weighted by Crippen LogP contribution is 2.61. The number of cyclic esters (lactones) is 1. The minimum absolute atomic E-state index is 0.111. The summed E-state index contributed by atoms with van der Waals surface area (Å²) in [5.74, 6) is -1.85. The minimum Gasteiger partial charge on any atom is -0.465 e. The first-order valence-electron chi connectivity index (χ1n) is 14.0. The van der Waals surface area contributed by atoms with Crippen molar-refractivity contribution >= 4 is 46.0 Å². The number of unbranched alkanes of at least 4 members (excludes halogenated alkanes) is 3. The van der Waals surface area contributed by atoms with E-state index < -0.39 is 22.6 Å². The van der Waals surface area contributed by atoms with Crippen LogP contribution in [0.4, 0.5) is 5.69 Å². The number of carbonyl (C=O) groups is 3. The Morgan fingerprint density at radius 3 is 2.64 bits per heavy atom. The van der Waals surface area contributed by atoms with Gasteiger partial charge in [-0.2, -0.15) is 0 Å². The minimum atomic E-state index is -0.839. The first-order valence-corrected chi connectivity index (χ1v) is 14.8. The van der Waals surface area contributed by atoms with Crippen LogP contribution in [0.2, 0.25) is 0 Å². The summed E-state index contributed by atoms with van der Waals surface area (Å²) in [6.07, 6.45) is 11.9. The predicted molar refractivity (Wildman–Crippen MR) is 152 cm³/mol. The van der Waals surface area contributed by atoms with Gasteiger partial charge in [0.25, 0.3) is 5.91 Å². The molecular formula is C31H34N2O5S. The smallest absolute Gasteiger partial charge is 0.311 e. The number of ether oxygens (including phenoxy) is 1. The van der Waals surface area contributed by atoms with Crippen LogP contribution < -0.4 is 4.90 Å². The van der Waals surface area contributed by atoms with Crippen LogP contribution >= 0.6 is 11.8 Å². The van der Waals surface area contributed by atoms with Crippen molar-refractivity contribution in [2.75, 3.05) is 31.2 Å². The van der Waals surface area contributed by atoms with Gasteiger partial charge in [-0.15, -0.1) is 11.8 Å². The highest BCUT2D eigenvalue weighted by Gasteiger charge is 2.70. The second-order valence-electron chi connectivity index (χ2n) is 10.8. The molecule has 6 rings (SSSR count). The van der Waals surface area contributed by atoms with Crippen molar-refractivity contribution < 1.29 is 24.2 Å². The fourth-order valence-corrected chi connectivity index (χ4v) is 8.67. The van der Waals surface area contributed by atoms with Crippen LogP contribution in [0.1, 0.15) is 32.1 Å². The van der Waals surface area contributed by atoms with Gasteiger partial charge in [-0.25, -0.2) is 0 Å². The summed E-state index contributed by atoms with van der Waals surface area (Å²) < 4.78 is 4.72. The van der Waals surface area contributed by atoms with E-state index in [4.69, 9.17) is 9.84 Å². The Kier molecular flexibility index (Phi) is 7.25. The molecule has 0 aliphatic carbocycles. The van der Waals surface area contributed by atoms with E-state index in [1.807, 2.05) is 66.8 Å². The SMILES string of the molecule is O=C1OCCC=C[C@@H]2S[C@]34C=CCN(c5ccc6ccccc6c5)C(=O)C3N(CCCCCCO)C(=O)[C@@H]4[C@H]12. The fraction of sp³-hybridized carbons (Fsp3) is 0.452. The first kappa shape index (κ1) is 26.1. The molecular weight excluding hydrogens is 512 g/mol. The van der Waals surface area contributed by atoms with Crippen molar-refractivity contribution in [1.29, 1.82) is 0 Å². The molecule has 4 aliphatic rings. The lowest BCUT2D eigenvalue weighted by molar-refractivity contribution is -0.153. The maximum Gasteiger partial charge on any atom is 0.311 e. The first-order chi connectivity index (χ1) is 19.0. The predicted octanol–water partition coefficient (Wildman–Crippen LogP) is 4.10. The molecule has 0 bridgehead atoms. The topological polar surface area (TPSA) is 87.2 Å². The van der Waals surface area contributed by atoms with Gasteiger partial charge in [-0.3, -0.25) is 14.4 Å². The molecule has 1 N–H and O–H groups in total. The molecule has 0 radical (unpaired) electrons. The number of likely N-dealkylation sites (tertiary alicyclic amines) is 1. The monoisotopic (exact) mass is 546 g/mol. The molecule has 7 nitrogen and oxygen atoms in total. The van der Waals surface area contributed by atoms with Gasteiger partial charge in [0.15, 0.2) is 0 Å². The average molecular weight is 547 g/mol. The Morgan fingerprint density at radius 2 is 1.79 bits per heavy atom. The Bertz CT molecular complexity index is 1340. The maximum atomic E-state index is 14.5. The maximum absolute atomic E-state index is 14.5. The molecule has 2 fully saturated rings. The van der Waals surface area contributed by atoms with E-state index in [0.29, 0.717) is 26.1 Å². The molecule has 2 saturated heterocycles. The van der Waals surface area contributed by atoms with Crippen LogP contribution in [0.3, 0.4) is 0 Å². The number of esters is 1. The second kappa shape index (κ2) is 10.8. The molecule has 2 aromatic rings. The van der Waals surface area contributed by atoms with Gasteiger partial charge in [-0.1, -0.05) is 67.5 Å². The van der Waals surface area contributed by atoms with Gasteiger partial charge in [-0.05, 0) is 42.2 Å². The van der Waals surface area contributed by atoms with Crippen LogP contribution in [0, 0.1) is 11.8 Å². The van der Waals surface area contributed by atoms with Crippen LogP contribution in [0.15, 0.2) is 66.8 Å². The summed E-state index contributed by atoms with van der Waals surface area (Å²) >= 11 is 1.58. The number of nitrogens with zero attached hydrogens (tertiary/aromatic N) is 2. The summed E-state index contributed by atoms with van der Waals surface area (Å²) in [4.78, 5) is 45.5. The number of amides is 2. The van der Waals surface area contributed by atoms with Gasteiger partial charge < -0.3 is 19.6 Å². The molecule has 5 atom stereocenters. The number of hydrogen-bond acceptors (Lipinski definition) is 6. The third-order valence-corrected chi connectivity index (χ3v) is 10.2. The molecule has 2 aromatic carbocycles. The van der Waals surface area contributed by atoms with Crippen molar-refractivity contribution in [2.45, 2.75) is 48.1 Å². The van der Waals surface area contributed by atoms with E-state index >= 15 is 0 Å². The van der Waals surface area contributed by atoms with E-state index in [-0.39, 0.29) is 29.6 Å². The Morgan fingerprint density at radius 1 is 0.974 bits per heavy atom. The Balaban J connectivity index is 1.39. The zero-order valence-corrected chi connectivity index (χ0v) is 22.7. The van der Waals surface area contributed by atoms with E-state index in [2.05, 4.69) is 0 Å². The van der Waals surface area contributed by atoms with Crippen LogP contribution in [-0.2, 0) is 19.1 Å². The number of aliphatic hydroxyl groups excluding tert-OH is 1. The van der Waals surface area contributed by atoms with Gasteiger partial charge in [0, 0.05) is 30.6 Å². The number of hydrogen-bond donors (Lipinski definition) is 1. The van der Waals surface area contributed by atoms with Crippen molar-refractivity contribution in [1.82, 2.24) is 4.90 Å². The number of thioether (sulfide) groups is 1. The molecule has 8 heteroatoms. The van der Waals surface area contributed by atoms with E-state index in [0.717, 1.165) is 42.1 Å². The average Bonchev–Trinajstić information content (AvgIpc) is 3.31. The lowest BCUT2D eigenvalue weighted by Crippen LogP contribution is -2.53. The normalized spacial score (nSPS) is 30.0. The lowest BCUT2D eigenvalue weighted by Gasteiger charge is -2.35. The van der Waals surface area contributed by atoms with Crippen molar-refractivity contribution in [3.8, 4) is 0 Å². The summed E-state index contributed by atoms with van der Waals surface area (Å²) in [5.41, 5.74) is 0.799. The Hall–Kier alpha value is -3.10. The summed E-state index contributed by atoms with van der Waals surface area (Å²) in [7, 11) is 0. The summed E-state index contributed by atoms with van der Waals surface area (Å²) in [6.45, 7) is 1.30. The number of fused-ring (bicyclic) bond motifs is 3. The summed E-state index contributed by atoms with van der Waals surface area (Å²) in [5, 5.41) is 11.1. The standard InChI is InChI=1S/C31H34N2O5S/c34-18-7-2-1-6-16-33-27-29(36)32(23-14-13-21-10-3-4-11-22(21)20-23)17-9-15-31(27)26(28(33)35)25-24(39-31)12-5-8-19-38-30(25)37/h3-5,9-15,20,24-27,34H,1-2,6-8,16-19H2/t24-,25+,26-,27?,31-/m0/s1. The molecule has 204 valence electrons. The highest BCUT2D eigenvalue weighted by molar-refractivity contribution is 8.02. The van der Waals surface area contributed by atoms with E-state index in [1.54, 1.807) is 21.6 Å². The van der Waals surface area contributed by atoms with Crippen LogP contribution in [0.5, 0.6) is 0 Å². The molecule has 0 saturated carbocycles. The molecule has 0 aromatic heterocycles. The second-order valence-corrected chi connectivity index (χ2v) is 12.3. The van der Waals surface area contributed by atoms with Crippen LogP contribution in [-0.4, -0.2) is 70.1 Å². The van der Waals surface area contributed by atoms with Crippen molar-refractivity contribution in [2.24, 2.45) is 11.8 Å². The van der Waals surface area contributed by atoms with Gasteiger partial charge in [0.1, 0.15) is 6.04 Å². The van der Waals surface area contributed by atoms with Crippen molar-refractivity contribution in [3.63, 3.8) is 0 Å². The molecule has 4 aliphatic heterocycles. The molecule has 1 spiro atoms. The van der Waals surface area contributed by atoms with Gasteiger partial charge in [0.05, 0.1) is 23.2 Å². The molecule has 4 heterocycles. The van der Waals surface area contributed by atoms with E-state index in [1.165, 1.54) is 0 Å². The van der Waals surface area contributed by atoms with Crippen LogP contribution in [0.25, 0.3) is 10.8 Å². The number of rotatable bonds is 7. The third kappa shape index (κ3) is 4.47. The van der Waals surface area contributed by atoms with Gasteiger partial charge in [0.2, 0.25) is 5.91 Å². The Labute approximate surface area is 232 Å². The lowest BCUT2D eigenvalue weighted by atomic mass is 9.78. The molecule has 39 heavy (non-hydrogen) atoms. The zero-order chi connectivity index (χ0) is 27.0. The quantitative estimate of drug-likeness (QED) is 0.320. The fourth-order valence-electron chi connectivity index (χ4n) is 6.67. The van der Waals surface area contributed by atoms with Crippen molar-refractivity contribution in [3.05, 3.63) is 66.8 Å². The largest absolute Gasteiger partial charge is 0.465 e. The number of aliphatic hydroxyl groups is 1. The highest BCUT2D eigenvalue weighted by atomic mass is 32.2. The van der Waals surface area contributed by atoms with Gasteiger partial charge >= 0.3 is 5.97 Å². The third-order valence-electron chi connectivity index (χ3n) is 8.47.